The van der Waals surface area contributed by atoms with Crippen LogP contribution in [0.25, 0.3) is 0 Å². The van der Waals surface area contributed by atoms with Gasteiger partial charge in [-0.3, -0.25) is 4.79 Å². The molecule has 1 aliphatic rings. The third-order valence-electron chi connectivity index (χ3n) is 2.55. The van der Waals surface area contributed by atoms with Crippen LogP contribution < -0.4 is 10.6 Å². The van der Waals surface area contributed by atoms with Crippen molar-refractivity contribution in [2.45, 2.75) is 13.0 Å². The summed E-state index contributed by atoms with van der Waals surface area (Å²) in [4.78, 5) is 12.9. The first-order chi connectivity index (χ1) is 7.27. The second-order valence-electron chi connectivity index (χ2n) is 3.60. The molecule has 2 heterocycles. The first-order valence-electron chi connectivity index (χ1n) is 4.97. The Morgan fingerprint density at radius 2 is 2.50 bits per heavy atom. The molecule has 0 saturated carbocycles. The van der Waals surface area contributed by atoms with Crippen LogP contribution in [-0.2, 0) is 11.3 Å². The highest BCUT2D eigenvalue weighted by atomic mass is 79.9. The molecule has 1 aromatic heterocycles. The maximum atomic E-state index is 11.7. The van der Waals surface area contributed by atoms with E-state index in [9.17, 15) is 4.79 Å². The zero-order chi connectivity index (χ0) is 10.7. The van der Waals surface area contributed by atoms with Crippen molar-refractivity contribution >= 4 is 45.6 Å². The van der Waals surface area contributed by atoms with Gasteiger partial charge in [0.05, 0.1) is 12.5 Å². The lowest BCUT2D eigenvalue weighted by molar-refractivity contribution is -0.124. The van der Waals surface area contributed by atoms with Crippen LogP contribution in [0.15, 0.2) is 15.9 Å². The van der Waals surface area contributed by atoms with Crippen molar-refractivity contribution in [1.82, 2.24) is 10.6 Å². The van der Waals surface area contributed by atoms with Crippen LogP contribution in [0.1, 0.15) is 11.3 Å². The Morgan fingerprint density at radius 3 is 3.06 bits per heavy atom. The second kappa shape index (κ2) is 6.59. The quantitative estimate of drug-likeness (QED) is 0.894. The van der Waals surface area contributed by atoms with Crippen LogP contribution in [-0.4, -0.2) is 19.0 Å². The van der Waals surface area contributed by atoms with Gasteiger partial charge in [-0.25, -0.2) is 0 Å². The second-order valence-corrected chi connectivity index (χ2v) is 5.45. The number of amides is 1. The van der Waals surface area contributed by atoms with E-state index in [0.29, 0.717) is 6.54 Å². The topological polar surface area (TPSA) is 41.1 Å². The van der Waals surface area contributed by atoms with Gasteiger partial charge in [0.15, 0.2) is 0 Å². The van der Waals surface area contributed by atoms with Gasteiger partial charge < -0.3 is 10.6 Å². The van der Waals surface area contributed by atoms with Gasteiger partial charge in [0.1, 0.15) is 0 Å². The number of carbonyl (C=O) groups excluding carboxylic acids is 1. The third-order valence-corrected chi connectivity index (χ3v) is 4.47. The standard InChI is InChI=1S/C10H13BrN2OS.ClH/c11-8-2-4-15-9(8)6-13-10(14)7-1-3-12-5-7;/h2,4,7,12H,1,3,5-6H2,(H,13,14);1H/t7-;/m1./s1. The molecule has 16 heavy (non-hydrogen) atoms. The van der Waals surface area contributed by atoms with E-state index in [-0.39, 0.29) is 24.2 Å². The number of halogens is 2. The molecule has 1 fully saturated rings. The Bertz CT molecular complexity index is 352. The van der Waals surface area contributed by atoms with E-state index in [2.05, 4.69) is 26.6 Å². The molecule has 0 radical (unpaired) electrons. The minimum absolute atomic E-state index is 0. The molecule has 0 aliphatic carbocycles. The van der Waals surface area contributed by atoms with Crippen molar-refractivity contribution in [2.75, 3.05) is 13.1 Å². The normalized spacial score (nSPS) is 19.2. The van der Waals surface area contributed by atoms with E-state index < -0.39 is 0 Å². The zero-order valence-electron chi connectivity index (χ0n) is 8.66. The average Bonchev–Trinajstić information content (AvgIpc) is 2.85. The smallest absolute Gasteiger partial charge is 0.224 e. The Hall–Kier alpha value is -0.100. The maximum absolute atomic E-state index is 11.7. The Kier molecular flexibility index (Phi) is 5.75. The number of rotatable bonds is 3. The molecule has 1 saturated heterocycles. The highest BCUT2D eigenvalue weighted by Crippen LogP contribution is 2.22. The number of nitrogens with one attached hydrogen (secondary N) is 2. The van der Waals surface area contributed by atoms with E-state index >= 15 is 0 Å². The van der Waals surface area contributed by atoms with E-state index in [1.807, 2.05) is 11.4 Å². The monoisotopic (exact) mass is 324 g/mol. The van der Waals surface area contributed by atoms with E-state index in [1.165, 1.54) is 4.88 Å². The molecule has 1 aromatic rings. The van der Waals surface area contributed by atoms with Crippen molar-refractivity contribution in [2.24, 2.45) is 5.92 Å². The molecular weight excluding hydrogens is 312 g/mol. The third kappa shape index (κ3) is 3.45. The fraction of sp³-hybridized carbons (Fsp3) is 0.500. The molecule has 1 atom stereocenters. The molecule has 2 rings (SSSR count). The summed E-state index contributed by atoms with van der Waals surface area (Å²) in [5, 5.41) is 8.18. The van der Waals surface area contributed by atoms with Crippen molar-refractivity contribution in [3.63, 3.8) is 0 Å². The fourth-order valence-corrected chi connectivity index (χ4v) is 3.07. The average molecular weight is 326 g/mol. The molecule has 0 bridgehead atoms. The number of carbonyl (C=O) groups is 1. The van der Waals surface area contributed by atoms with Crippen molar-refractivity contribution in [3.8, 4) is 0 Å². The lowest BCUT2D eigenvalue weighted by Crippen LogP contribution is -2.31. The minimum Gasteiger partial charge on any atom is -0.351 e. The molecular formula is C10H14BrClN2OS. The number of hydrogen-bond acceptors (Lipinski definition) is 3. The Balaban J connectivity index is 0.00000128. The summed E-state index contributed by atoms with van der Waals surface area (Å²) in [7, 11) is 0. The fourth-order valence-electron chi connectivity index (χ4n) is 1.64. The summed E-state index contributed by atoms with van der Waals surface area (Å²) in [5.74, 6) is 0.323. The van der Waals surface area contributed by atoms with Gasteiger partial charge >= 0.3 is 0 Å². The zero-order valence-corrected chi connectivity index (χ0v) is 11.9. The molecule has 0 aromatic carbocycles. The largest absolute Gasteiger partial charge is 0.351 e. The first-order valence-corrected chi connectivity index (χ1v) is 6.65. The number of hydrogen-bond donors (Lipinski definition) is 2. The Labute approximate surface area is 114 Å². The van der Waals surface area contributed by atoms with Crippen molar-refractivity contribution in [3.05, 3.63) is 20.8 Å². The summed E-state index contributed by atoms with van der Waals surface area (Å²) in [6, 6.07) is 2.00. The molecule has 2 N–H and O–H groups in total. The van der Waals surface area contributed by atoms with E-state index in [4.69, 9.17) is 0 Å². The molecule has 1 aliphatic heterocycles. The summed E-state index contributed by atoms with van der Waals surface area (Å²) in [6.07, 6.45) is 0.956. The van der Waals surface area contributed by atoms with Crippen molar-refractivity contribution < 1.29 is 4.79 Å². The van der Waals surface area contributed by atoms with Gasteiger partial charge in [0.2, 0.25) is 5.91 Å². The van der Waals surface area contributed by atoms with E-state index in [1.54, 1.807) is 11.3 Å². The van der Waals surface area contributed by atoms with Gasteiger partial charge in [-0.2, -0.15) is 0 Å². The van der Waals surface area contributed by atoms with Gasteiger partial charge in [-0.1, -0.05) is 0 Å². The molecule has 0 spiro atoms. The van der Waals surface area contributed by atoms with Gasteiger partial charge in [0, 0.05) is 15.9 Å². The van der Waals surface area contributed by atoms with Crippen LogP contribution >= 0.6 is 39.7 Å². The van der Waals surface area contributed by atoms with E-state index in [0.717, 1.165) is 24.0 Å². The van der Waals surface area contributed by atoms with Gasteiger partial charge in [0.25, 0.3) is 0 Å². The summed E-state index contributed by atoms with van der Waals surface area (Å²) in [5.41, 5.74) is 0. The first kappa shape index (κ1) is 14.0. The summed E-state index contributed by atoms with van der Waals surface area (Å²) < 4.78 is 1.08. The summed E-state index contributed by atoms with van der Waals surface area (Å²) in [6.45, 7) is 2.41. The van der Waals surface area contributed by atoms with Crippen LogP contribution in [0.3, 0.4) is 0 Å². The molecule has 1 amide bonds. The minimum atomic E-state index is 0. The lowest BCUT2D eigenvalue weighted by Gasteiger charge is -2.08. The summed E-state index contributed by atoms with van der Waals surface area (Å²) >= 11 is 5.10. The molecule has 3 nitrogen and oxygen atoms in total. The lowest BCUT2D eigenvalue weighted by atomic mass is 10.1. The Morgan fingerprint density at radius 1 is 1.69 bits per heavy atom. The van der Waals surface area contributed by atoms with Crippen LogP contribution in [0.4, 0.5) is 0 Å². The molecule has 0 unspecified atom stereocenters. The van der Waals surface area contributed by atoms with Crippen LogP contribution in [0, 0.1) is 5.92 Å². The van der Waals surface area contributed by atoms with Crippen LogP contribution in [0.2, 0.25) is 0 Å². The highest BCUT2D eigenvalue weighted by molar-refractivity contribution is 9.10. The maximum Gasteiger partial charge on any atom is 0.224 e. The predicted molar refractivity (Wildman–Crippen MR) is 72.1 cm³/mol. The molecule has 6 heteroatoms. The van der Waals surface area contributed by atoms with Crippen LogP contribution in [0.5, 0.6) is 0 Å². The number of thiophene rings is 1. The predicted octanol–water partition coefficient (Wildman–Crippen LogP) is 2.16. The van der Waals surface area contributed by atoms with Gasteiger partial charge in [-0.15, -0.1) is 23.7 Å². The van der Waals surface area contributed by atoms with Gasteiger partial charge in [-0.05, 0) is 40.3 Å². The van der Waals surface area contributed by atoms with Crippen molar-refractivity contribution in [1.29, 1.82) is 0 Å². The SMILES string of the molecule is Cl.O=C(NCc1sccc1Br)[C@@H]1CCNC1. The highest BCUT2D eigenvalue weighted by Gasteiger charge is 2.21. The molecule has 90 valence electrons.